The van der Waals surface area contributed by atoms with Crippen molar-refractivity contribution in [2.24, 2.45) is 0 Å². The fourth-order valence-electron chi connectivity index (χ4n) is 0.431. The fourth-order valence-corrected chi connectivity index (χ4v) is 2.66. The molecule has 13 heavy (non-hydrogen) atoms. The molecule has 0 aromatic heterocycles. The van der Waals surface area contributed by atoms with Crippen molar-refractivity contribution in [1.82, 2.24) is 0 Å². The van der Waals surface area contributed by atoms with Gasteiger partial charge in [-0.05, 0) is 20.8 Å². The van der Waals surface area contributed by atoms with Gasteiger partial charge in [-0.2, -0.15) is 16.8 Å². The number of rotatable bonds is 3. The van der Waals surface area contributed by atoms with Gasteiger partial charge in [-0.15, -0.1) is 0 Å². The van der Waals surface area contributed by atoms with E-state index in [1.807, 2.05) is 0 Å². The summed E-state index contributed by atoms with van der Waals surface area (Å²) < 4.78 is 51.6. The Bertz CT molecular complexity index is 356. The van der Waals surface area contributed by atoms with Crippen LogP contribution in [0.5, 0.6) is 0 Å². The third kappa shape index (κ3) is 3.59. The van der Waals surface area contributed by atoms with Crippen LogP contribution in [0.4, 0.5) is 0 Å². The largest absolute Gasteiger partial charge is 0.400 e. The second-order valence-corrected chi connectivity index (χ2v) is 7.76. The van der Waals surface area contributed by atoms with Crippen molar-refractivity contribution in [3.8, 4) is 0 Å². The first-order chi connectivity index (χ1) is 5.52. The fraction of sp³-hybridized carbons (Fsp3) is 1.00. The Labute approximate surface area is 77.5 Å². The lowest BCUT2D eigenvalue weighted by molar-refractivity contribution is 0.143. The quantitative estimate of drug-likeness (QED) is 0.638. The summed E-state index contributed by atoms with van der Waals surface area (Å²) in [5, 5.41) is 0. The summed E-state index contributed by atoms with van der Waals surface area (Å²) in [6.07, 6.45) is 0. The van der Waals surface area contributed by atoms with Crippen molar-refractivity contribution in [2.45, 2.75) is 26.4 Å². The first-order valence-corrected chi connectivity index (χ1v) is 6.61. The second-order valence-electron chi connectivity index (χ2n) is 3.18. The summed E-state index contributed by atoms with van der Waals surface area (Å²) in [5.74, 6) is 0. The molecule has 0 aromatic rings. The smallest absolute Gasteiger partial charge is 0.260 e. The van der Waals surface area contributed by atoms with Gasteiger partial charge >= 0.3 is 18.3 Å². The van der Waals surface area contributed by atoms with E-state index in [1.165, 1.54) is 20.8 Å². The van der Waals surface area contributed by atoms with Gasteiger partial charge in [0.05, 0.1) is 12.7 Å². The zero-order valence-electron chi connectivity index (χ0n) is 7.77. The summed E-state index contributed by atoms with van der Waals surface area (Å²) in [5.41, 5.74) is -1.11. The highest BCUT2D eigenvalue weighted by Gasteiger charge is 2.35. The van der Waals surface area contributed by atoms with Gasteiger partial charge < -0.3 is 0 Å². The average Bonchev–Trinajstić information content (AvgIpc) is 1.81. The summed E-state index contributed by atoms with van der Waals surface area (Å²) >= 11 is 0. The Balaban J connectivity index is 5.05. The van der Waals surface area contributed by atoms with Crippen LogP contribution in [-0.2, 0) is 26.7 Å². The van der Waals surface area contributed by atoms with E-state index in [9.17, 15) is 16.8 Å². The topological polar surface area (TPSA) is 86.7 Å². The van der Waals surface area contributed by atoms with Crippen molar-refractivity contribution in [3.63, 3.8) is 0 Å². The standard InChI is InChI=1S/C5H12O6S2/c1-5(2,3)11-13(8,9)12(6,7)10-4/h1-4H3. The van der Waals surface area contributed by atoms with Crippen LogP contribution in [0.1, 0.15) is 20.8 Å². The van der Waals surface area contributed by atoms with E-state index in [4.69, 9.17) is 0 Å². The monoisotopic (exact) mass is 232 g/mol. The van der Waals surface area contributed by atoms with Crippen LogP contribution in [0.3, 0.4) is 0 Å². The van der Waals surface area contributed by atoms with Crippen LogP contribution in [0.2, 0.25) is 0 Å². The molecule has 0 spiro atoms. The molecule has 0 aliphatic rings. The lowest BCUT2D eigenvalue weighted by atomic mass is 10.2. The minimum absolute atomic E-state index is 0.749. The van der Waals surface area contributed by atoms with Crippen LogP contribution < -0.4 is 0 Å². The first kappa shape index (κ1) is 12.8. The molecule has 0 atom stereocenters. The average molecular weight is 232 g/mol. The molecule has 0 aliphatic carbocycles. The first-order valence-electron chi connectivity index (χ1n) is 3.28. The molecule has 0 amide bonds. The van der Waals surface area contributed by atoms with Gasteiger partial charge in [0.1, 0.15) is 0 Å². The predicted octanol–water partition coefficient (Wildman–Crippen LogP) is 0.0225. The minimum atomic E-state index is -4.72. The van der Waals surface area contributed by atoms with Gasteiger partial charge in [0, 0.05) is 0 Å². The maximum atomic E-state index is 11.0. The molecule has 0 aromatic carbocycles. The van der Waals surface area contributed by atoms with E-state index < -0.39 is 23.9 Å². The molecule has 0 aliphatic heterocycles. The molecule has 0 rings (SSSR count). The van der Waals surface area contributed by atoms with Gasteiger partial charge in [0.15, 0.2) is 0 Å². The molecule has 80 valence electrons. The van der Waals surface area contributed by atoms with E-state index in [0.29, 0.717) is 0 Å². The Morgan fingerprint density at radius 3 is 1.54 bits per heavy atom. The van der Waals surface area contributed by atoms with Crippen LogP contribution in [-0.4, -0.2) is 29.5 Å². The highest BCUT2D eigenvalue weighted by molar-refractivity contribution is 8.63. The van der Waals surface area contributed by atoms with E-state index in [1.54, 1.807) is 0 Å². The molecule has 0 saturated carbocycles. The lowest BCUT2D eigenvalue weighted by Crippen LogP contribution is -2.29. The molecule has 8 heteroatoms. The predicted molar refractivity (Wildman–Crippen MR) is 45.7 cm³/mol. The third-order valence-electron chi connectivity index (χ3n) is 0.806. The molecule has 0 saturated heterocycles. The molecule has 0 N–H and O–H groups in total. The normalized spacial score (nSPS) is 14.5. The molecular formula is C5H12O6S2. The third-order valence-corrected chi connectivity index (χ3v) is 4.53. The van der Waals surface area contributed by atoms with Crippen molar-refractivity contribution in [3.05, 3.63) is 0 Å². The molecule has 0 heterocycles. The van der Waals surface area contributed by atoms with E-state index in [2.05, 4.69) is 8.37 Å². The Hall–Kier alpha value is -0.180. The van der Waals surface area contributed by atoms with Gasteiger partial charge in [0.25, 0.3) is 0 Å². The van der Waals surface area contributed by atoms with E-state index >= 15 is 0 Å². The van der Waals surface area contributed by atoms with Gasteiger partial charge in [0.2, 0.25) is 0 Å². The molecular weight excluding hydrogens is 220 g/mol. The van der Waals surface area contributed by atoms with E-state index in [-0.39, 0.29) is 0 Å². The van der Waals surface area contributed by atoms with Crippen molar-refractivity contribution in [2.75, 3.05) is 7.11 Å². The highest BCUT2D eigenvalue weighted by atomic mass is 33.2. The number of hydrogen-bond donors (Lipinski definition) is 0. The molecule has 0 radical (unpaired) electrons. The summed E-state index contributed by atoms with van der Waals surface area (Å²) in [7, 11) is -8.65. The molecule has 0 unspecified atom stereocenters. The van der Waals surface area contributed by atoms with Crippen LogP contribution >= 0.6 is 0 Å². The summed E-state index contributed by atoms with van der Waals surface area (Å²) in [6, 6.07) is 0. The Kier molecular flexibility index (Phi) is 3.47. The maximum absolute atomic E-state index is 11.0. The summed E-state index contributed by atoms with van der Waals surface area (Å²) in [4.78, 5) is 0. The zero-order valence-corrected chi connectivity index (χ0v) is 9.40. The van der Waals surface area contributed by atoms with Gasteiger partial charge in [-0.1, -0.05) is 0 Å². The van der Waals surface area contributed by atoms with Crippen LogP contribution in [0, 0.1) is 0 Å². The van der Waals surface area contributed by atoms with Crippen molar-refractivity contribution >= 4 is 18.3 Å². The Morgan fingerprint density at radius 2 is 1.31 bits per heavy atom. The Morgan fingerprint density at radius 1 is 0.923 bits per heavy atom. The molecule has 6 nitrogen and oxygen atoms in total. The van der Waals surface area contributed by atoms with Gasteiger partial charge in [-0.3, -0.25) is 8.37 Å². The zero-order chi connectivity index (χ0) is 10.9. The van der Waals surface area contributed by atoms with Crippen molar-refractivity contribution in [1.29, 1.82) is 0 Å². The summed E-state index contributed by atoms with van der Waals surface area (Å²) in [6.45, 7) is 4.24. The van der Waals surface area contributed by atoms with Crippen LogP contribution in [0.25, 0.3) is 0 Å². The van der Waals surface area contributed by atoms with Crippen LogP contribution in [0.15, 0.2) is 0 Å². The van der Waals surface area contributed by atoms with Gasteiger partial charge in [-0.25, -0.2) is 0 Å². The highest BCUT2D eigenvalue weighted by Crippen LogP contribution is 2.16. The molecule has 0 fully saturated rings. The molecule has 0 bridgehead atoms. The minimum Gasteiger partial charge on any atom is -0.260 e. The van der Waals surface area contributed by atoms with Crippen molar-refractivity contribution < 1.29 is 25.2 Å². The van der Waals surface area contributed by atoms with E-state index in [0.717, 1.165) is 7.11 Å². The maximum Gasteiger partial charge on any atom is 0.400 e. The lowest BCUT2D eigenvalue weighted by Gasteiger charge is -2.17. The SMILES string of the molecule is COS(=O)(=O)S(=O)(=O)OC(C)(C)C. The second kappa shape index (κ2) is 3.52. The number of hydrogen-bond acceptors (Lipinski definition) is 6.